The van der Waals surface area contributed by atoms with Crippen molar-refractivity contribution in [2.75, 3.05) is 18.0 Å². The van der Waals surface area contributed by atoms with Crippen molar-refractivity contribution < 1.29 is 5.11 Å². The van der Waals surface area contributed by atoms with E-state index in [2.05, 4.69) is 10.2 Å². The van der Waals surface area contributed by atoms with Crippen LogP contribution in [0.5, 0.6) is 0 Å². The van der Waals surface area contributed by atoms with Gasteiger partial charge in [0.05, 0.1) is 6.10 Å². The summed E-state index contributed by atoms with van der Waals surface area (Å²) in [6.07, 6.45) is 1.62. The molecule has 1 aromatic heterocycles. The van der Waals surface area contributed by atoms with E-state index in [0.717, 1.165) is 25.2 Å². The number of aliphatic hydroxyl groups excluding tert-OH is 1. The molecule has 2 rings (SSSR count). The van der Waals surface area contributed by atoms with Crippen molar-refractivity contribution in [3.8, 4) is 0 Å². The quantitative estimate of drug-likeness (QED) is 0.759. The first-order valence-electron chi connectivity index (χ1n) is 4.68. The van der Waals surface area contributed by atoms with Crippen molar-refractivity contribution in [1.82, 2.24) is 10.2 Å². The predicted octanol–water partition coefficient (Wildman–Crippen LogP) is 1.09. The lowest BCUT2D eigenvalue weighted by Gasteiger charge is -2.30. The van der Waals surface area contributed by atoms with Crippen LogP contribution in [-0.4, -0.2) is 34.5 Å². The minimum absolute atomic E-state index is 0.249. The van der Waals surface area contributed by atoms with E-state index in [1.807, 2.05) is 11.0 Å². The first-order valence-corrected chi connectivity index (χ1v) is 5.06. The molecule has 14 heavy (non-hydrogen) atoms. The van der Waals surface area contributed by atoms with Gasteiger partial charge in [-0.15, -0.1) is 10.2 Å². The number of aromatic nitrogens is 2. The van der Waals surface area contributed by atoms with Crippen molar-refractivity contribution in [3.05, 3.63) is 17.3 Å². The molecule has 0 unspecified atom stereocenters. The highest BCUT2D eigenvalue weighted by Gasteiger charge is 2.18. The Bertz CT molecular complexity index is 303. The van der Waals surface area contributed by atoms with Crippen molar-refractivity contribution in [1.29, 1.82) is 0 Å². The molecule has 1 aromatic rings. The zero-order valence-corrected chi connectivity index (χ0v) is 8.48. The summed E-state index contributed by atoms with van der Waals surface area (Å²) in [5, 5.41) is 17.6. The van der Waals surface area contributed by atoms with E-state index >= 15 is 0 Å². The van der Waals surface area contributed by atoms with Gasteiger partial charge in [0.15, 0.2) is 11.0 Å². The van der Waals surface area contributed by atoms with Gasteiger partial charge in [0.25, 0.3) is 0 Å². The number of hydrogen-bond donors (Lipinski definition) is 1. The van der Waals surface area contributed by atoms with Gasteiger partial charge in [-0.05, 0) is 25.0 Å². The molecule has 0 saturated carbocycles. The Hall–Kier alpha value is -0.870. The van der Waals surface area contributed by atoms with Crippen LogP contribution in [0.1, 0.15) is 12.8 Å². The number of hydrogen-bond acceptors (Lipinski definition) is 4. The summed E-state index contributed by atoms with van der Waals surface area (Å²) in [5.41, 5.74) is 0. The highest BCUT2D eigenvalue weighted by molar-refractivity contribution is 6.29. The molecule has 1 aliphatic rings. The second-order valence-electron chi connectivity index (χ2n) is 3.46. The number of halogens is 1. The molecule has 2 heterocycles. The van der Waals surface area contributed by atoms with Crippen LogP contribution >= 0.6 is 11.6 Å². The number of nitrogens with zero attached hydrogens (tertiary/aromatic N) is 3. The predicted molar refractivity (Wildman–Crippen MR) is 54.5 cm³/mol. The summed E-state index contributed by atoms with van der Waals surface area (Å²) in [4.78, 5) is 2.03. The first-order chi connectivity index (χ1) is 6.75. The molecule has 5 heteroatoms. The van der Waals surface area contributed by atoms with E-state index in [-0.39, 0.29) is 6.10 Å². The smallest absolute Gasteiger partial charge is 0.151 e. The second kappa shape index (κ2) is 4.11. The molecule has 1 atom stereocenters. The Labute approximate surface area is 87.5 Å². The van der Waals surface area contributed by atoms with Crippen LogP contribution in [0.25, 0.3) is 0 Å². The van der Waals surface area contributed by atoms with Crippen LogP contribution in [0.15, 0.2) is 12.1 Å². The number of β-amino-alcohol motifs (C(OH)–C–C–N with tert-alkyl or cyclic N) is 1. The lowest BCUT2D eigenvalue weighted by atomic mass is 10.1. The van der Waals surface area contributed by atoms with E-state index in [9.17, 15) is 5.11 Å². The minimum Gasteiger partial charge on any atom is -0.391 e. The zero-order chi connectivity index (χ0) is 9.97. The monoisotopic (exact) mass is 213 g/mol. The molecule has 1 fully saturated rings. The normalized spacial score (nSPS) is 22.4. The summed E-state index contributed by atoms with van der Waals surface area (Å²) in [5.74, 6) is 0.785. The highest BCUT2D eigenvalue weighted by Crippen LogP contribution is 2.17. The average Bonchev–Trinajstić information content (AvgIpc) is 2.19. The first kappa shape index (κ1) is 9.68. The number of aliphatic hydroxyl groups is 1. The maximum absolute atomic E-state index is 9.48. The Morgan fingerprint density at radius 3 is 2.93 bits per heavy atom. The van der Waals surface area contributed by atoms with Gasteiger partial charge in [-0.1, -0.05) is 11.6 Å². The maximum Gasteiger partial charge on any atom is 0.151 e. The molecule has 0 aromatic carbocycles. The Morgan fingerprint density at radius 1 is 1.43 bits per heavy atom. The molecular weight excluding hydrogens is 202 g/mol. The van der Waals surface area contributed by atoms with Gasteiger partial charge in [0, 0.05) is 13.1 Å². The third-order valence-electron chi connectivity index (χ3n) is 2.34. The number of anilines is 1. The second-order valence-corrected chi connectivity index (χ2v) is 3.84. The van der Waals surface area contributed by atoms with Crippen molar-refractivity contribution in [3.63, 3.8) is 0 Å². The third-order valence-corrected chi connectivity index (χ3v) is 2.54. The molecule has 0 aliphatic carbocycles. The van der Waals surface area contributed by atoms with Crippen LogP contribution in [0, 0.1) is 0 Å². The lowest BCUT2D eigenvalue weighted by molar-refractivity contribution is 0.154. The zero-order valence-electron chi connectivity index (χ0n) is 7.73. The van der Waals surface area contributed by atoms with E-state index in [4.69, 9.17) is 11.6 Å². The van der Waals surface area contributed by atoms with Gasteiger partial charge >= 0.3 is 0 Å². The highest BCUT2D eigenvalue weighted by atomic mass is 35.5. The molecule has 0 amide bonds. The Kier molecular flexibility index (Phi) is 2.84. The van der Waals surface area contributed by atoms with Crippen molar-refractivity contribution in [2.45, 2.75) is 18.9 Å². The fraction of sp³-hybridized carbons (Fsp3) is 0.556. The molecule has 0 radical (unpaired) electrons. The van der Waals surface area contributed by atoms with Crippen molar-refractivity contribution >= 4 is 17.4 Å². The standard InChI is InChI=1S/C9H12ClN3O/c10-8-3-4-9(12-11-8)13-5-1-2-7(14)6-13/h3-4,7,14H,1-2,5-6H2/t7-/m0/s1. The fourth-order valence-electron chi connectivity index (χ4n) is 1.64. The molecule has 1 saturated heterocycles. The molecule has 1 N–H and O–H groups in total. The number of piperidine rings is 1. The van der Waals surface area contributed by atoms with Crippen LogP contribution in [0.2, 0.25) is 5.15 Å². The molecular formula is C9H12ClN3O. The lowest BCUT2D eigenvalue weighted by Crippen LogP contribution is -2.38. The maximum atomic E-state index is 9.48. The average molecular weight is 214 g/mol. The molecule has 0 spiro atoms. The van der Waals surface area contributed by atoms with E-state index < -0.39 is 0 Å². The van der Waals surface area contributed by atoms with Gasteiger partial charge < -0.3 is 10.0 Å². The summed E-state index contributed by atoms with van der Waals surface area (Å²) in [6.45, 7) is 1.56. The molecule has 76 valence electrons. The SMILES string of the molecule is O[C@H]1CCCN(c2ccc(Cl)nn2)C1. The van der Waals surface area contributed by atoms with Gasteiger partial charge in [0.1, 0.15) is 0 Å². The van der Waals surface area contributed by atoms with Gasteiger partial charge in [-0.2, -0.15) is 0 Å². The Balaban J connectivity index is 2.10. The topological polar surface area (TPSA) is 49.2 Å². The van der Waals surface area contributed by atoms with E-state index in [1.54, 1.807) is 6.07 Å². The van der Waals surface area contributed by atoms with Gasteiger partial charge in [-0.25, -0.2) is 0 Å². The van der Waals surface area contributed by atoms with Crippen LogP contribution in [0.4, 0.5) is 5.82 Å². The van der Waals surface area contributed by atoms with Gasteiger partial charge in [-0.3, -0.25) is 0 Å². The van der Waals surface area contributed by atoms with Crippen LogP contribution < -0.4 is 4.90 Å². The van der Waals surface area contributed by atoms with Crippen LogP contribution in [0.3, 0.4) is 0 Å². The summed E-state index contributed by atoms with van der Waals surface area (Å²) >= 11 is 5.64. The van der Waals surface area contributed by atoms with Crippen LogP contribution in [-0.2, 0) is 0 Å². The largest absolute Gasteiger partial charge is 0.391 e. The van der Waals surface area contributed by atoms with Gasteiger partial charge in [0.2, 0.25) is 0 Å². The fourth-order valence-corrected chi connectivity index (χ4v) is 1.74. The van der Waals surface area contributed by atoms with E-state index in [1.165, 1.54) is 0 Å². The summed E-state index contributed by atoms with van der Waals surface area (Å²) < 4.78 is 0. The Morgan fingerprint density at radius 2 is 2.29 bits per heavy atom. The molecule has 1 aliphatic heterocycles. The van der Waals surface area contributed by atoms with E-state index in [0.29, 0.717) is 11.7 Å². The summed E-state index contributed by atoms with van der Waals surface area (Å²) in [6, 6.07) is 3.54. The van der Waals surface area contributed by atoms with Crippen molar-refractivity contribution in [2.24, 2.45) is 0 Å². The molecule has 0 bridgehead atoms. The minimum atomic E-state index is -0.249. The summed E-state index contributed by atoms with van der Waals surface area (Å²) in [7, 11) is 0. The third kappa shape index (κ3) is 2.13. The molecule has 4 nitrogen and oxygen atoms in total. The number of rotatable bonds is 1.